The predicted octanol–water partition coefficient (Wildman–Crippen LogP) is 4.40. The number of fused-ring (bicyclic) bond motifs is 1. The zero-order chi connectivity index (χ0) is 15.9. The lowest BCUT2D eigenvalue weighted by molar-refractivity contribution is 0.0129. The van der Waals surface area contributed by atoms with Gasteiger partial charge in [0.1, 0.15) is 5.60 Å². The highest BCUT2D eigenvalue weighted by atomic mass is 32.1. The zero-order valence-electron chi connectivity index (χ0n) is 13.5. The van der Waals surface area contributed by atoms with E-state index < -0.39 is 5.60 Å². The maximum atomic E-state index is 12.4. The first-order valence-electron chi connectivity index (χ1n) is 7.23. The molecule has 1 aromatic rings. The maximum absolute atomic E-state index is 12.4. The number of carbonyl (C=O) groups excluding carboxylic acids is 2. The van der Waals surface area contributed by atoms with Gasteiger partial charge in [-0.15, -0.1) is 11.3 Å². The van der Waals surface area contributed by atoms with Crippen LogP contribution in [-0.2, 0) is 11.3 Å². The molecule has 1 aliphatic rings. The smallest absolute Gasteiger partial charge is 0.411 e. The van der Waals surface area contributed by atoms with Gasteiger partial charge in [0.05, 0.1) is 17.5 Å². The van der Waals surface area contributed by atoms with E-state index in [1.54, 1.807) is 11.8 Å². The Hall–Kier alpha value is -1.36. The van der Waals surface area contributed by atoms with Crippen LogP contribution in [0, 0.1) is 5.92 Å². The normalized spacial score (nSPS) is 18.0. The van der Waals surface area contributed by atoms with Gasteiger partial charge in [-0.1, -0.05) is 13.8 Å². The van der Waals surface area contributed by atoms with Gasteiger partial charge in [0.15, 0.2) is 5.78 Å². The third kappa shape index (κ3) is 3.28. The largest absolute Gasteiger partial charge is 0.444 e. The molecule has 0 spiro atoms. The molecule has 0 aromatic carbocycles. The molecule has 0 fully saturated rings. The molecule has 0 radical (unpaired) electrons. The Bertz CT molecular complexity index is 569. The van der Waals surface area contributed by atoms with Gasteiger partial charge >= 0.3 is 6.09 Å². The number of amides is 1. The second-order valence-electron chi connectivity index (χ2n) is 6.85. The molecule has 1 aliphatic heterocycles. The van der Waals surface area contributed by atoms with E-state index in [9.17, 15) is 9.59 Å². The van der Waals surface area contributed by atoms with E-state index in [1.807, 2.05) is 26.8 Å². The van der Waals surface area contributed by atoms with Crippen molar-refractivity contribution < 1.29 is 14.3 Å². The number of Topliss-reactive ketones (excluding diaryl/α,β-unsaturated/α-hetero) is 1. The van der Waals surface area contributed by atoms with Crippen molar-refractivity contribution >= 4 is 23.2 Å². The number of nitrogens with zero attached hydrogens (tertiary/aromatic N) is 1. The van der Waals surface area contributed by atoms with Crippen LogP contribution in [0.15, 0.2) is 6.07 Å². The van der Waals surface area contributed by atoms with E-state index in [4.69, 9.17) is 4.74 Å². The van der Waals surface area contributed by atoms with Crippen molar-refractivity contribution in [2.75, 3.05) is 0 Å². The summed E-state index contributed by atoms with van der Waals surface area (Å²) >= 11 is 1.51. The summed E-state index contributed by atoms with van der Waals surface area (Å²) in [4.78, 5) is 27.6. The second kappa shape index (κ2) is 5.44. The van der Waals surface area contributed by atoms with Gasteiger partial charge in [-0.3, -0.25) is 9.69 Å². The Kier molecular flexibility index (Phi) is 4.15. The summed E-state index contributed by atoms with van der Waals surface area (Å²) in [7, 11) is 0. The summed E-state index contributed by atoms with van der Waals surface area (Å²) < 4.78 is 5.51. The van der Waals surface area contributed by atoms with Crippen molar-refractivity contribution in [3.8, 4) is 0 Å². The van der Waals surface area contributed by atoms with E-state index in [-0.39, 0.29) is 23.8 Å². The molecule has 0 N–H and O–H groups in total. The number of carbonyl (C=O) groups is 2. The molecule has 4 nitrogen and oxygen atoms in total. The van der Waals surface area contributed by atoms with Crippen LogP contribution in [0.4, 0.5) is 4.79 Å². The van der Waals surface area contributed by atoms with Crippen molar-refractivity contribution in [1.82, 2.24) is 4.90 Å². The van der Waals surface area contributed by atoms with E-state index in [0.29, 0.717) is 6.54 Å². The Morgan fingerprint density at radius 1 is 1.38 bits per heavy atom. The van der Waals surface area contributed by atoms with Gasteiger partial charge < -0.3 is 4.74 Å². The lowest BCUT2D eigenvalue weighted by Gasteiger charge is -2.30. The second-order valence-corrected chi connectivity index (χ2v) is 7.94. The first-order chi connectivity index (χ1) is 9.60. The molecule has 1 aromatic heterocycles. The Morgan fingerprint density at radius 2 is 2.00 bits per heavy atom. The maximum Gasteiger partial charge on any atom is 0.411 e. The van der Waals surface area contributed by atoms with Gasteiger partial charge in [-0.2, -0.15) is 0 Å². The van der Waals surface area contributed by atoms with E-state index in [0.717, 1.165) is 15.3 Å². The van der Waals surface area contributed by atoms with E-state index in [2.05, 4.69) is 13.8 Å². The number of rotatable bonds is 2. The Labute approximate surface area is 130 Å². The van der Waals surface area contributed by atoms with E-state index in [1.165, 1.54) is 11.3 Å². The SMILES string of the molecule is CC(=O)c1cc2c(s1)C(C(C)C)N(C(=O)OC(C)(C)C)C2. The van der Waals surface area contributed by atoms with E-state index >= 15 is 0 Å². The van der Waals surface area contributed by atoms with Crippen LogP contribution >= 0.6 is 11.3 Å². The van der Waals surface area contributed by atoms with Crippen molar-refractivity contribution in [1.29, 1.82) is 0 Å². The van der Waals surface area contributed by atoms with Crippen LogP contribution in [-0.4, -0.2) is 22.4 Å². The minimum absolute atomic E-state index is 0.00653. The highest BCUT2D eigenvalue weighted by Gasteiger charge is 2.39. The Balaban J connectivity index is 2.28. The number of ether oxygens (including phenoxy) is 1. The van der Waals surface area contributed by atoms with Crippen molar-refractivity contribution in [2.45, 2.75) is 59.7 Å². The molecule has 1 unspecified atom stereocenters. The van der Waals surface area contributed by atoms with Crippen molar-refractivity contribution in [2.24, 2.45) is 5.92 Å². The fourth-order valence-corrected chi connectivity index (χ4v) is 3.93. The summed E-state index contributed by atoms with van der Waals surface area (Å²) in [6.45, 7) is 11.9. The summed E-state index contributed by atoms with van der Waals surface area (Å²) in [5.41, 5.74) is 0.578. The number of ketones is 1. The first kappa shape index (κ1) is 16.0. The van der Waals surface area contributed by atoms with Crippen LogP contribution in [0.3, 0.4) is 0 Å². The summed E-state index contributed by atoms with van der Waals surface area (Å²) in [6.07, 6.45) is -0.283. The number of thiophene rings is 1. The van der Waals surface area contributed by atoms with Gasteiger partial charge in [0, 0.05) is 4.88 Å². The number of hydrogen-bond acceptors (Lipinski definition) is 4. The van der Waals surface area contributed by atoms with Gasteiger partial charge in [-0.05, 0) is 45.2 Å². The zero-order valence-corrected chi connectivity index (χ0v) is 14.3. The average molecular weight is 309 g/mol. The van der Waals surface area contributed by atoms with Gasteiger partial charge in [0.25, 0.3) is 0 Å². The van der Waals surface area contributed by atoms with Crippen molar-refractivity contribution in [3.05, 3.63) is 21.4 Å². The topological polar surface area (TPSA) is 46.6 Å². The van der Waals surface area contributed by atoms with Crippen LogP contribution in [0.2, 0.25) is 0 Å². The fraction of sp³-hybridized carbons (Fsp3) is 0.625. The molecule has 0 bridgehead atoms. The molecule has 0 aliphatic carbocycles. The quantitative estimate of drug-likeness (QED) is 0.761. The molecule has 2 rings (SSSR count). The molecule has 1 amide bonds. The van der Waals surface area contributed by atoms with Gasteiger partial charge in [-0.25, -0.2) is 4.79 Å². The fourth-order valence-electron chi connectivity index (χ4n) is 2.57. The summed E-state index contributed by atoms with van der Waals surface area (Å²) in [6, 6.07) is 1.91. The number of hydrogen-bond donors (Lipinski definition) is 0. The predicted molar refractivity (Wildman–Crippen MR) is 83.7 cm³/mol. The Morgan fingerprint density at radius 3 is 2.48 bits per heavy atom. The standard InChI is InChI=1S/C16H23NO3S/c1-9(2)13-14-11(7-12(21-14)10(3)18)8-17(13)15(19)20-16(4,5)6/h7,9,13H,8H2,1-6H3. The van der Waals surface area contributed by atoms with Crippen LogP contribution in [0.1, 0.15) is 67.7 Å². The van der Waals surface area contributed by atoms with Gasteiger partial charge in [0.2, 0.25) is 0 Å². The first-order valence-corrected chi connectivity index (χ1v) is 8.05. The third-order valence-electron chi connectivity index (χ3n) is 3.39. The average Bonchev–Trinajstić information content (AvgIpc) is 2.81. The lowest BCUT2D eigenvalue weighted by Crippen LogP contribution is -2.37. The highest BCUT2D eigenvalue weighted by Crippen LogP contribution is 2.44. The molecule has 0 saturated carbocycles. The molecular formula is C16H23NO3S. The highest BCUT2D eigenvalue weighted by molar-refractivity contribution is 7.14. The molecular weight excluding hydrogens is 286 g/mol. The molecule has 21 heavy (non-hydrogen) atoms. The molecule has 5 heteroatoms. The minimum atomic E-state index is -0.501. The summed E-state index contributed by atoms with van der Waals surface area (Å²) in [5.74, 6) is 0.359. The van der Waals surface area contributed by atoms with Crippen LogP contribution < -0.4 is 0 Å². The molecule has 0 saturated heterocycles. The monoisotopic (exact) mass is 309 g/mol. The molecule has 2 heterocycles. The molecule has 1 atom stereocenters. The summed E-state index contributed by atoms with van der Waals surface area (Å²) in [5, 5.41) is 0. The lowest BCUT2D eigenvalue weighted by atomic mass is 10.0. The molecule has 116 valence electrons. The van der Waals surface area contributed by atoms with Crippen molar-refractivity contribution in [3.63, 3.8) is 0 Å². The third-order valence-corrected chi connectivity index (χ3v) is 4.74. The van der Waals surface area contributed by atoms with Crippen LogP contribution in [0.25, 0.3) is 0 Å². The van der Waals surface area contributed by atoms with Crippen LogP contribution in [0.5, 0.6) is 0 Å². The minimum Gasteiger partial charge on any atom is -0.444 e.